The Kier molecular flexibility index (Phi) is 8.17. The SMILES string of the molecule is CCN(CC)c1ccc(C=CC2=[N+](CCC3CCCC3)c3ccc(C)cc3C2(C)Cc2ccccc2)cc1. The summed E-state index contributed by atoms with van der Waals surface area (Å²) in [6.45, 7) is 12.3. The van der Waals surface area contributed by atoms with Crippen molar-refractivity contribution in [3.05, 3.63) is 101 Å². The van der Waals surface area contributed by atoms with E-state index in [9.17, 15) is 0 Å². The van der Waals surface area contributed by atoms with Crippen LogP contribution in [0.1, 0.15) is 75.1 Å². The van der Waals surface area contributed by atoms with Gasteiger partial charge >= 0.3 is 0 Å². The molecule has 0 N–H and O–H groups in total. The Hall–Kier alpha value is -3.13. The van der Waals surface area contributed by atoms with Crippen molar-refractivity contribution in [3.8, 4) is 0 Å². The molecule has 3 aromatic rings. The molecule has 1 atom stereocenters. The fourth-order valence-corrected chi connectivity index (χ4v) is 6.77. The number of benzene rings is 3. The number of aryl methyl sites for hydroxylation is 1. The fourth-order valence-electron chi connectivity index (χ4n) is 6.77. The molecular formula is C36H45N2+. The molecule has 38 heavy (non-hydrogen) atoms. The molecular weight excluding hydrogens is 460 g/mol. The summed E-state index contributed by atoms with van der Waals surface area (Å²) in [5, 5.41) is 0. The second-order valence-electron chi connectivity index (χ2n) is 11.6. The highest BCUT2D eigenvalue weighted by atomic mass is 15.1. The predicted octanol–water partition coefficient (Wildman–Crippen LogP) is 8.73. The molecule has 0 aromatic heterocycles. The van der Waals surface area contributed by atoms with Crippen LogP contribution in [0.2, 0.25) is 0 Å². The largest absolute Gasteiger partial charge is 0.372 e. The quantitative estimate of drug-likeness (QED) is 0.250. The van der Waals surface area contributed by atoms with E-state index in [1.165, 1.54) is 71.4 Å². The molecule has 1 saturated carbocycles. The summed E-state index contributed by atoms with van der Waals surface area (Å²) in [6.07, 6.45) is 12.7. The number of nitrogens with zero attached hydrogens (tertiary/aromatic N) is 2. The molecule has 2 heteroatoms. The van der Waals surface area contributed by atoms with E-state index in [0.29, 0.717) is 0 Å². The zero-order chi connectivity index (χ0) is 26.5. The molecule has 198 valence electrons. The molecule has 1 heterocycles. The third-order valence-corrected chi connectivity index (χ3v) is 8.98. The van der Waals surface area contributed by atoms with Crippen molar-refractivity contribution in [3.63, 3.8) is 0 Å². The highest BCUT2D eigenvalue weighted by Crippen LogP contribution is 2.43. The molecule has 0 saturated heterocycles. The summed E-state index contributed by atoms with van der Waals surface area (Å²) in [7, 11) is 0. The molecule has 0 bridgehead atoms. The maximum Gasteiger partial charge on any atom is 0.209 e. The summed E-state index contributed by atoms with van der Waals surface area (Å²) in [4.78, 5) is 2.40. The standard InChI is InChI=1S/C36H45N2/c1-5-37(6-2)32-20-17-30(18-21-32)19-23-35-36(4,27-31-14-8-7-9-15-31)33-26-28(3)16-22-34(33)38(35)25-24-29-12-10-11-13-29/h7-9,14-23,26,29H,5-6,10-13,24-25,27H2,1-4H3/q+1. The van der Waals surface area contributed by atoms with E-state index in [4.69, 9.17) is 0 Å². The van der Waals surface area contributed by atoms with Crippen LogP contribution in [0.15, 0.2) is 78.9 Å². The van der Waals surface area contributed by atoms with Gasteiger partial charge < -0.3 is 4.90 Å². The zero-order valence-electron chi connectivity index (χ0n) is 23.9. The van der Waals surface area contributed by atoms with Gasteiger partial charge in [-0.05, 0) is 75.4 Å². The first-order valence-electron chi connectivity index (χ1n) is 14.8. The fraction of sp³-hybridized carbons (Fsp3) is 0.417. The van der Waals surface area contributed by atoms with E-state index < -0.39 is 0 Å². The summed E-state index contributed by atoms with van der Waals surface area (Å²) < 4.78 is 2.66. The van der Waals surface area contributed by atoms with Gasteiger partial charge in [-0.3, -0.25) is 0 Å². The average Bonchev–Trinajstić information content (AvgIpc) is 3.53. The van der Waals surface area contributed by atoms with Gasteiger partial charge in [0, 0.05) is 42.9 Å². The van der Waals surface area contributed by atoms with Crippen molar-refractivity contribution >= 4 is 23.2 Å². The first-order chi connectivity index (χ1) is 18.5. The van der Waals surface area contributed by atoms with Gasteiger partial charge in [-0.1, -0.05) is 79.8 Å². The molecule has 2 aliphatic rings. The predicted molar refractivity (Wildman–Crippen MR) is 164 cm³/mol. The Labute approximate surface area is 230 Å². The van der Waals surface area contributed by atoms with Crippen LogP contribution in [0.5, 0.6) is 0 Å². The number of hydrogen-bond acceptors (Lipinski definition) is 1. The lowest BCUT2D eigenvalue weighted by Gasteiger charge is -2.23. The van der Waals surface area contributed by atoms with Crippen LogP contribution >= 0.6 is 0 Å². The highest BCUT2D eigenvalue weighted by Gasteiger charge is 2.47. The van der Waals surface area contributed by atoms with Crippen molar-refractivity contribution in [1.82, 2.24) is 0 Å². The summed E-state index contributed by atoms with van der Waals surface area (Å²) >= 11 is 0. The number of rotatable bonds is 10. The second-order valence-corrected chi connectivity index (χ2v) is 11.6. The lowest BCUT2D eigenvalue weighted by molar-refractivity contribution is -0.439. The van der Waals surface area contributed by atoms with Gasteiger partial charge in [0.25, 0.3) is 0 Å². The van der Waals surface area contributed by atoms with Crippen molar-refractivity contribution in [1.29, 1.82) is 0 Å². The highest BCUT2D eigenvalue weighted by molar-refractivity contribution is 6.06. The van der Waals surface area contributed by atoms with Crippen molar-refractivity contribution in [2.45, 2.75) is 71.6 Å². The summed E-state index contributed by atoms with van der Waals surface area (Å²) in [6, 6.07) is 27.2. The van der Waals surface area contributed by atoms with E-state index in [1.807, 2.05) is 0 Å². The summed E-state index contributed by atoms with van der Waals surface area (Å²) in [5.41, 5.74) is 9.55. The Bertz CT molecular complexity index is 1270. The molecule has 1 fully saturated rings. The Morgan fingerprint density at radius 3 is 2.29 bits per heavy atom. The van der Waals surface area contributed by atoms with Crippen LogP contribution in [0.4, 0.5) is 11.4 Å². The molecule has 3 aromatic carbocycles. The molecule has 1 aliphatic heterocycles. The molecule has 5 rings (SSSR count). The van der Waals surface area contributed by atoms with Gasteiger partial charge in [0.15, 0.2) is 5.71 Å². The van der Waals surface area contributed by atoms with E-state index in [2.05, 4.69) is 122 Å². The van der Waals surface area contributed by atoms with E-state index in [1.54, 1.807) is 0 Å². The topological polar surface area (TPSA) is 6.25 Å². The van der Waals surface area contributed by atoms with Crippen molar-refractivity contribution in [2.24, 2.45) is 5.92 Å². The van der Waals surface area contributed by atoms with Crippen LogP contribution < -0.4 is 4.90 Å². The lowest BCUT2D eigenvalue weighted by atomic mass is 9.74. The summed E-state index contributed by atoms with van der Waals surface area (Å²) in [5.74, 6) is 0.878. The molecule has 0 spiro atoms. The van der Waals surface area contributed by atoms with Crippen molar-refractivity contribution < 1.29 is 4.58 Å². The molecule has 2 nitrogen and oxygen atoms in total. The van der Waals surface area contributed by atoms with E-state index in [0.717, 1.165) is 32.0 Å². The molecule has 0 amide bonds. The minimum atomic E-state index is -0.0734. The average molecular weight is 506 g/mol. The van der Waals surface area contributed by atoms with Gasteiger partial charge in [0.2, 0.25) is 5.69 Å². The zero-order valence-corrected chi connectivity index (χ0v) is 23.9. The second kappa shape index (κ2) is 11.7. The van der Waals surface area contributed by atoms with Gasteiger partial charge in [-0.2, -0.15) is 4.58 Å². The number of allylic oxidation sites excluding steroid dienone is 1. The van der Waals surface area contributed by atoms with Gasteiger partial charge in [-0.15, -0.1) is 0 Å². The number of anilines is 1. The minimum Gasteiger partial charge on any atom is -0.372 e. The van der Waals surface area contributed by atoms with Crippen molar-refractivity contribution in [2.75, 3.05) is 24.5 Å². The third kappa shape index (κ3) is 5.51. The smallest absolute Gasteiger partial charge is 0.209 e. The Morgan fingerprint density at radius 1 is 0.895 bits per heavy atom. The van der Waals surface area contributed by atoms with Crippen LogP contribution in [0.25, 0.3) is 6.08 Å². The van der Waals surface area contributed by atoms with Crippen LogP contribution in [-0.2, 0) is 11.8 Å². The maximum absolute atomic E-state index is 2.66. The Balaban J connectivity index is 1.54. The Morgan fingerprint density at radius 2 is 1.61 bits per heavy atom. The molecule has 0 radical (unpaired) electrons. The first-order valence-corrected chi connectivity index (χ1v) is 14.8. The van der Waals surface area contributed by atoms with Gasteiger partial charge in [0.1, 0.15) is 6.54 Å². The van der Waals surface area contributed by atoms with E-state index in [-0.39, 0.29) is 5.41 Å². The lowest BCUT2D eigenvalue weighted by Crippen LogP contribution is -2.34. The van der Waals surface area contributed by atoms with Crippen LogP contribution in [0, 0.1) is 12.8 Å². The molecule has 1 aliphatic carbocycles. The number of fused-ring (bicyclic) bond motifs is 1. The van der Waals surface area contributed by atoms with E-state index >= 15 is 0 Å². The van der Waals surface area contributed by atoms with Gasteiger partial charge in [0.05, 0.1) is 5.41 Å². The minimum absolute atomic E-state index is 0.0734. The van der Waals surface area contributed by atoms with Crippen LogP contribution in [0.3, 0.4) is 0 Å². The molecule has 1 unspecified atom stereocenters. The first kappa shape index (κ1) is 26.5. The van der Waals surface area contributed by atoms with Gasteiger partial charge in [-0.25, -0.2) is 0 Å². The number of hydrogen-bond donors (Lipinski definition) is 0. The maximum atomic E-state index is 2.66. The monoisotopic (exact) mass is 505 g/mol. The third-order valence-electron chi connectivity index (χ3n) is 8.98. The van der Waals surface area contributed by atoms with Crippen LogP contribution in [-0.4, -0.2) is 29.9 Å². The normalized spacial score (nSPS) is 19.5.